The van der Waals surface area contributed by atoms with E-state index < -0.39 is 15.6 Å². The lowest BCUT2D eigenvalue weighted by atomic mass is 9.99. The van der Waals surface area contributed by atoms with Crippen molar-refractivity contribution in [2.75, 3.05) is 6.54 Å². The van der Waals surface area contributed by atoms with Crippen molar-refractivity contribution in [3.8, 4) is 0 Å². The highest BCUT2D eigenvalue weighted by Gasteiger charge is 2.40. The lowest BCUT2D eigenvalue weighted by Crippen LogP contribution is -2.42. The fraction of sp³-hybridized carbons (Fsp3) is 0.385. The number of hydrogen-bond acceptors (Lipinski definition) is 5. The van der Waals surface area contributed by atoms with Crippen molar-refractivity contribution in [3.63, 3.8) is 0 Å². The average Bonchev–Trinajstić information content (AvgIpc) is 2.96. The van der Waals surface area contributed by atoms with Crippen LogP contribution in [0.2, 0.25) is 0 Å². The molecule has 1 aliphatic rings. The van der Waals surface area contributed by atoms with Crippen LogP contribution in [-0.2, 0) is 15.6 Å². The molecule has 3 rings (SSSR count). The van der Waals surface area contributed by atoms with E-state index in [-0.39, 0.29) is 11.8 Å². The molecule has 1 atom stereocenters. The topological polar surface area (TPSA) is 79.5 Å². The van der Waals surface area contributed by atoms with Crippen LogP contribution >= 0.6 is 11.3 Å². The van der Waals surface area contributed by atoms with E-state index in [0.29, 0.717) is 23.5 Å². The van der Waals surface area contributed by atoms with Crippen molar-refractivity contribution >= 4 is 21.4 Å². The molecule has 0 radical (unpaired) electrons. The molecule has 0 aliphatic heterocycles. The van der Waals surface area contributed by atoms with Crippen LogP contribution in [0.4, 0.5) is 0 Å². The first kappa shape index (κ1) is 13.8. The van der Waals surface area contributed by atoms with Gasteiger partial charge in [-0.05, 0) is 36.4 Å². The molecule has 1 fully saturated rings. The van der Waals surface area contributed by atoms with Gasteiger partial charge in [0.15, 0.2) is 5.60 Å². The summed E-state index contributed by atoms with van der Waals surface area (Å²) in [4.78, 5) is 0.644. The summed E-state index contributed by atoms with van der Waals surface area (Å²) in [6.45, 7) is -0.125. The van der Waals surface area contributed by atoms with Gasteiger partial charge in [0.05, 0.1) is 18.1 Å². The number of sulfonamides is 1. The smallest absolute Gasteiger partial charge is 0.214 e. The molecule has 0 amide bonds. The van der Waals surface area contributed by atoms with Crippen molar-refractivity contribution in [3.05, 3.63) is 46.5 Å². The molecule has 0 unspecified atom stereocenters. The molecule has 0 saturated heterocycles. The normalized spacial score (nSPS) is 18.9. The molecule has 7 heteroatoms. The minimum atomic E-state index is -3.35. The second-order valence-electron chi connectivity index (χ2n) is 4.88. The highest BCUT2D eigenvalue weighted by atomic mass is 32.2. The summed E-state index contributed by atoms with van der Waals surface area (Å²) in [5.41, 5.74) is -1.47. The lowest BCUT2D eigenvalue weighted by molar-refractivity contribution is 0.0655. The number of hydrogen-bond donors (Lipinski definition) is 2. The number of thiophene rings is 1. The quantitative estimate of drug-likeness (QED) is 0.850. The molecule has 20 heavy (non-hydrogen) atoms. The van der Waals surface area contributed by atoms with E-state index in [9.17, 15) is 13.5 Å². The van der Waals surface area contributed by atoms with Crippen molar-refractivity contribution in [1.82, 2.24) is 4.72 Å². The Morgan fingerprint density at radius 1 is 1.40 bits per heavy atom. The van der Waals surface area contributed by atoms with E-state index in [2.05, 4.69) is 4.72 Å². The number of rotatable bonds is 6. The Bertz CT molecular complexity index is 623. The Labute approximate surface area is 121 Å². The van der Waals surface area contributed by atoms with E-state index in [1.807, 2.05) is 11.4 Å². The molecule has 5 nitrogen and oxygen atoms in total. The van der Waals surface area contributed by atoms with Crippen molar-refractivity contribution in [2.24, 2.45) is 0 Å². The zero-order chi connectivity index (χ0) is 14.2. The van der Waals surface area contributed by atoms with Crippen molar-refractivity contribution in [1.29, 1.82) is 0 Å². The molecule has 1 aliphatic carbocycles. The van der Waals surface area contributed by atoms with Gasteiger partial charge in [-0.1, -0.05) is 6.07 Å². The fourth-order valence-electron chi connectivity index (χ4n) is 2.02. The summed E-state index contributed by atoms with van der Waals surface area (Å²) >= 11 is 1.36. The SMILES string of the molecule is O=S(=O)(NC[C@@](O)(c1ccco1)c1cccs1)C1CC1. The Morgan fingerprint density at radius 2 is 2.20 bits per heavy atom. The standard InChI is InChI=1S/C13H15NO4S2/c15-13(11-3-1-7-18-11,12-4-2-8-19-12)9-14-20(16,17)10-5-6-10/h1-4,7-8,10,14-15H,5-6,9H2/t13-/m1/s1. The van der Waals surface area contributed by atoms with Crippen LogP contribution in [0.25, 0.3) is 0 Å². The van der Waals surface area contributed by atoms with Gasteiger partial charge in [-0.25, -0.2) is 13.1 Å². The second kappa shape index (κ2) is 5.00. The van der Waals surface area contributed by atoms with Gasteiger partial charge >= 0.3 is 0 Å². The minimum absolute atomic E-state index is 0.125. The van der Waals surface area contributed by atoms with Gasteiger partial charge in [0.1, 0.15) is 5.76 Å². The highest BCUT2D eigenvalue weighted by molar-refractivity contribution is 7.90. The molecule has 1 saturated carbocycles. The van der Waals surface area contributed by atoms with Crippen molar-refractivity contribution in [2.45, 2.75) is 23.7 Å². The molecule has 2 aromatic rings. The van der Waals surface area contributed by atoms with Gasteiger partial charge in [-0.2, -0.15) is 0 Å². The summed E-state index contributed by atoms with van der Waals surface area (Å²) in [6, 6.07) is 6.89. The van der Waals surface area contributed by atoms with Gasteiger partial charge in [0.25, 0.3) is 0 Å². The summed E-state index contributed by atoms with van der Waals surface area (Å²) in [5, 5.41) is 12.4. The van der Waals surface area contributed by atoms with Crippen LogP contribution in [0.1, 0.15) is 23.5 Å². The van der Waals surface area contributed by atoms with Gasteiger partial charge in [-0.3, -0.25) is 0 Å². The van der Waals surface area contributed by atoms with Gasteiger partial charge in [0, 0.05) is 4.88 Å². The third kappa shape index (κ3) is 2.54. The maximum atomic E-state index is 11.9. The maximum absolute atomic E-state index is 11.9. The summed E-state index contributed by atoms with van der Waals surface area (Å²) in [6.07, 6.45) is 2.84. The zero-order valence-electron chi connectivity index (χ0n) is 10.7. The van der Waals surface area contributed by atoms with Gasteiger partial charge in [-0.15, -0.1) is 11.3 Å². The number of nitrogens with one attached hydrogen (secondary N) is 1. The first-order valence-corrected chi connectivity index (χ1v) is 8.74. The maximum Gasteiger partial charge on any atom is 0.214 e. The molecule has 0 aromatic carbocycles. The van der Waals surface area contributed by atoms with E-state index in [1.54, 1.807) is 18.2 Å². The molecule has 108 valence electrons. The molecule has 0 bridgehead atoms. The van der Waals surface area contributed by atoms with Crippen molar-refractivity contribution < 1.29 is 17.9 Å². The van der Waals surface area contributed by atoms with E-state index in [4.69, 9.17) is 4.42 Å². The number of aliphatic hydroxyl groups is 1. The first-order chi connectivity index (χ1) is 9.52. The van der Waals surface area contributed by atoms with Crippen LogP contribution in [0.15, 0.2) is 40.3 Å². The summed E-state index contributed by atoms with van der Waals surface area (Å²) in [5.74, 6) is 0.332. The van der Waals surface area contributed by atoms with Crippen LogP contribution in [-0.4, -0.2) is 25.3 Å². The molecule has 2 heterocycles. The molecular weight excluding hydrogens is 298 g/mol. The predicted octanol–water partition coefficient (Wildman–Crippen LogP) is 1.66. The number of furan rings is 1. The average molecular weight is 313 g/mol. The Hall–Kier alpha value is -1.15. The van der Waals surface area contributed by atoms with Crippen LogP contribution in [0.5, 0.6) is 0 Å². The second-order valence-corrected chi connectivity index (χ2v) is 7.87. The Balaban J connectivity index is 1.87. The first-order valence-electron chi connectivity index (χ1n) is 6.31. The van der Waals surface area contributed by atoms with Crippen LogP contribution in [0.3, 0.4) is 0 Å². The van der Waals surface area contributed by atoms with Gasteiger partial charge in [0.2, 0.25) is 10.0 Å². The lowest BCUT2D eigenvalue weighted by Gasteiger charge is -2.25. The third-order valence-electron chi connectivity index (χ3n) is 3.35. The van der Waals surface area contributed by atoms with E-state index in [1.165, 1.54) is 17.6 Å². The monoisotopic (exact) mass is 313 g/mol. The summed E-state index contributed by atoms with van der Waals surface area (Å²) < 4.78 is 31.7. The molecule has 0 spiro atoms. The molecule has 2 aromatic heterocycles. The minimum Gasteiger partial charge on any atom is -0.466 e. The summed E-state index contributed by atoms with van der Waals surface area (Å²) in [7, 11) is -3.35. The highest BCUT2D eigenvalue weighted by Crippen LogP contribution is 2.34. The third-order valence-corrected chi connectivity index (χ3v) is 6.27. The predicted molar refractivity (Wildman–Crippen MR) is 76.0 cm³/mol. The van der Waals surface area contributed by atoms with Crippen LogP contribution < -0.4 is 4.72 Å². The van der Waals surface area contributed by atoms with Crippen LogP contribution in [0, 0.1) is 0 Å². The zero-order valence-corrected chi connectivity index (χ0v) is 12.3. The Kier molecular flexibility index (Phi) is 3.45. The van der Waals surface area contributed by atoms with E-state index in [0.717, 1.165) is 0 Å². The van der Waals surface area contributed by atoms with E-state index >= 15 is 0 Å². The van der Waals surface area contributed by atoms with Gasteiger partial charge < -0.3 is 9.52 Å². The largest absolute Gasteiger partial charge is 0.466 e. The Morgan fingerprint density at radius 3 is 2.75 bits per heavy atom. The fourth-order valence-corrected chi connectivity index (χ4v) is 4.26. The molecular formula is C13H15NO4S2. The molecule has 2 N–H and O–H groups in total.